The maximum Gasteiger partial charge on any atom is 0.387 e. The van der Waals surface area contributed by atoms with Crippen LogP contribution in [0.2, 0.25) is 0 Å². The highest BCUT2D eigenvalue weighted by Crippen LogP contribution is 2.30. The Morgan fingerprint density at radius 1 is 1.19 bits per heavy atom. The molecule has 8 heteroatoms. The van der Waals surface area contributed by atoms with Crippen LogP contribution >= 0.6 is 0 Å². The van der Waals surface area contributed by atoms with Crippen LogP contribution in [0.15, 0.2) is 52.7 Å². The number of carbonyl (C=O) groups excluding carboxylic acids is 1. The summed E-state index contributed by atoms with van der Waals surface area (Å²) in [4.78, 5) is 13.8. The number of fused-ring (bicyclic) bond motifs is 1. The number of hydrogen-bond acceptors (Lipinski definition) is 5. The normalized spacial score (nSPS) is 15.1. The van der Waals surface area contributed by atoms with Crippen LogP contribution in [0.4, 0.5) is 14.5 Å². The van der Waals surface area contributed by atoms with Gasteiger partial charge in [0.2, 0.25) is 0 Å². The number of hydrogen-bond donors (Lipinski definition) is 0. The van der Waals surface area contributed by atoms with Crippen molar-refractivity contribution in [1.82, 2.24) is 0 Å². The molecule has 140 valence electrons. The molecule has 0 atom stereocenters. The van der Waals surface area contributed by atoms with Crippen LogP contribution in [-0.4, -0.2) is 38.1 Å². The molecule has 0 spiro atoms. The van der Waals surface area contributed by atoms with Crippen molar-refractivity contribution in [2.24, 2.45) is 10.2 Å². The van der Waals surface area contributed by atoms with Crippen molar-refractivity contribution in [3.05, 3.63) is 53.6 Å². The summed E-state index contributed by atoms with van der Waals surface area (Å²) in [6, 6.07) is 11.7. The summed E-state index contributed by atoms with van der Waals surface area (Å²) in [6.45, 7) is -0.917. The largest absolute Gasteiger partial charge is 0.490 e. The molecule has 2 aromatic carbocycles. The number of likely N-dealkylation sites (N-methyl/N-ethyl adjacent to an activating group) is 1. The summed E-state index contributed by atoms with van der Waals surface area (Å²) >= 11 is 0. The van der Waals surface area contributed by atoms with E-state index in [2.05, 4.69) is 14.9 Å². The number of ether oxygens (including phenoxy) is 2. The Morgan fingerprint density at radius 3 is 2.70 bits per heavy atom. The second kappa shape index (κ2) is 7.94. The average molecular weight is 373 g/mol. The molecule has 27 heavy (non-hydrogen) atoms. The molecule has 0 unspecified atom stereocenters. The molecule has 3 rings (SSSR count). The van der Waals surface area contributed by atoms with Gasteiger partial charge in [0.25, 0.3) is 5.91 Å². The van der Waals surface area contributed by atoms with Crippen LogP contribution in [0.1, 0.15) is 18.1 Å². The number of halogens is 2. The highest BCUT2D eigenvalue weighted by Gasteiger charge is 2.30. The zero-order chi connectivity index (χ0) is 19.4. The zero-order valence-corrected chi connectivity index (χ0v) is 14.7. The molecule has 0 bridgehead atoms. The van der Waals surface area contributed by atoms with Crippen molar-refractivity contribution in [2.75, 3.05) is 18.6 Å². The minimum absolute atomic E-state index is 0.0585. The number of nitrogens with zero attached hydrogens (tertiary/aromatic N) is 3. The van der Waals surface area contributed by atoms with E-state index in [9.17, 15) is 13.6 Å². The number of benzene rings is 2. The molecule has 0 saturated heterocycles. The summed E-state index contributed by atoms with van der Waals surface area (Å²) in [5, 5.41) is 8.01. The third-order valence-electron chi connectivity index (χ3n) is 3.88. The van der Waals surface area contributed by atoms with E-state index in [-0.39, 0.29) is 23.1 Å². The van der Waals surface area contributed by atoms with E-state index in [0.29, 0.717) is 17.7 Å². The fourth-order valence-electron chi connectivity index (χ4n) is 2.67. The van der Waals surface area contributed by atoms with Gasteiger partial charge in [-0.1, -0.05) is 18.2 Å². The average Bonchev–Trinajstić information content (AvgIpc) is 2.89. The topological polar surface area (TPSA) is 63.5 Å². The Labute approximate surface area is 154 Å². The van der Waals surface area contributed by atoms with Crippen molar-refractivity contribution in [1.29, 1.82) is 0 Å². The molecule has 6 nitrogen and oxygen atoms in total. The number of anilines is 1. The van der Waals surface area contributed by atoms with E-state index in [1.54, 1.807) is 26.1 Å². The maximum absolute atomic E-state index is 12.4. The Morgan fingerprint density at radius 2 is 1.96 bits per heavy atom. The van der Waals surface area contributed by atoms with E-state index in [4.69, 9.17) is 4.74 Å². The highest BCUT2D eigenvalue weighted by atomic mass is 19.3. The smallest absolute Gasteiger partial charge is 0.387 e. The van der Waals surface area contributed by atoms with Gasteiger partial charge in [-0.3, -0.25) is 4.79 Å². The molecule has 0 fully saturated rings. The standard InChI is InChI=1S/C19H17F2N3O3/c1-3-26-16-10-12(8-9-15(16)27-19(20)21)11-22-23-17-13-6-4-5-7-14(13)24(2)18(17)25/h4-11,19H,3H2,1-2H3/b22-11-,23-17-. The van der Waals surface area contributed by atoms with E-state index < -0.39 is 6.61 Å². The first-order chi connectivity index (χ1) is 13.0. The fourth-order valence-corrected chi connectivity index (χ4v) is 2.67. The number of carbonyl (C=O) groups is 1. The van der Waals surface area contributed by atoms with E-state index in [1.165, 1.54) is 23.2 Å². The molecule has 1 heterocycles. The molecular formula is C19H17F2N3O3. The fraction of sp³-hybridized carbons (Fsp3) is 0.211. The lowest BCUT2D eigenvalue weighted by molar-refractivity contribution is -0.111. The second-order valence-corrected chi connectivity index (χ2v) is 5.59. The van der Waals surface area contributed by atoms with Crippen molar-refractivity contribution >= 4 is 23.5 Å². The van der Waals surface area contributed by atoms with Gasteiger partial charge in [-0.2, -0.15) is 13.9 Å². The van der Waals surface area contributed by atoms with E-state index in [1.807, 2.05) is 18.2 Å². The summed E-state index contributed by atoms with van der Waals surface area (Å²) in [7, 11) is 1.67. The van der Waals surface area contributed by atoms with Crippen molar-refractivity contribution in [2.45, 2.75) is 13.5 Å². The molecule has 1 aliphatic rings. The van der Waals surface area contributed by atoms with Crippen LogP contribution < -0.4 is 14.4 Å². The lowest BCUT2D eigenvalue weighted by atomic mass is 10.1. The number of alkyl halides is 2. The summed E-state index contributed by atoms with van der Waals surface area (Å²) in [5.74, 6) is -0.128. The van der Waals surface area contributed by atoms with Gasteiger partial charge in [0.1, 0.15) is 0 Å². The van der Waals surface area contributed by atoms with Crippen molar-refractivity contribution < 1.29 is 23.0 Å². The van der Waals surface area contributed by atoms with Gasteiger partial charge in [-0.05, 0) is 36.8 Å². The Kier molecular flexibility index (Phi) is 5.44. The van der Waals surface area contributed by atoms with Gasteiger partial charge in [0, 0.05) is 12.6 Å². The van der Waals surface area contributed by atoms with Crippen molar-refractivity contribution in [3.63, 3.8) is 0 Å². The van der Waals surface area contributed by atoms with Crippen LogP contribution in [0.5, 0.6) is 11.5 Å². The van der Waals surface area contributed by atoms with Gasteiger partial charge in [0.05, 0.1) is 18.5 Å². The molecule has 1 aliphatic heterocycles. The SMILES string of the molecule is CCOc1cc(/C=N\N=C2/C(=O)N(C)c3ccccc32)ccc1OC(F)F. The van der Waals surface area contributed by atoms with Gasteiger partial charge in [0.15, 0.2) is 17.2 Å². The molecule has 1 amide bonds. The third kappa shape index (κ3) is 3.94. The monoisotopic (exact) mass is 373 g/mol. The molecule has 0 aromatic heterocycles. The molecule has 0 saturated carbocycles. The minimum atomic E-state index is -2.94. The van der Waals surface area contributed by atoms with Crippen molar-refractivity contribution in [3.8, 4) is 11.5 Å². The Bertz CT molecular complexity index is 913. The highest BCUT2D eigenvalue weighted by molar-refractivity contribution is 6.54. The zero-order valence-electron chi connectivity index (χ0n) is 14.7. The Balaban J connectivity index is 1.85. The predicted molar refractivity (Wildman–Crippen MR) is 98.2 cm³/mol. The number of para-hydroxylation sites is 1. The summed E-state index contributed by atoms with van der Waals surface area (Å²) < 4.78 is 34.6. The second-order valence-electron chi connectivity index (χ2n) is 5.59. The van der Waals surface area contributed by atoms with Gasteiger partial charge in [-0.25, -0.2) is 0 Å². The number of amides is 1. The maximum atomic E-state index is 12.4. The molecule has 0 N–H and O–H groups in total. The van der Waals surface area contributed by atoms with Crippen LogP contribution in [-0.2, 0) is 4.79 Å². The first-order valence-electron chi connectivity index (χ1n) is 8.21. The Hall–Kier alpha value is -3.29. The molecule has 0 radical (unpaired) electrons. The molecule has 2 aromatic rings. The lowest BCUT2D eigenvalue weighted by Crippen LogP contribution is -2.25. The van der Waals surface area contributed by atoms with Crippen LogP contribution in [0.25, 0.3) is 0 Å². The lowest BCUT2D eigenvalue weighted by Gasteiger charge is -2.11. The summed E-state index contributed by atoms with van der Waals surface area (Å²) in [6.07, 6.45) is 1.41. The summed E-state index contributed by atoms with van der Waals surface area (Å²) in [5.41, 5.74) is 2.28. The number of rotatable bonds is 6. The minimum Gasteiger partial charge on any atom is -0.490 e. The van der Waals surface area contributed by atoms with Crippen LogP contribution in [0, 0.1) is 0 Å². The first-order valence-corrected chi connectivity index (χ1v) is 8.21. The first kappa shape index (κ1) is 18.5. The molecular weight excluding hydrogens is 356 g/mol. The van der Waals surface area contributed by atoms with E-state index in [0.717, 1.165) is 5.69 Å². The predicted octanol–water partition coefficient (Wildman–Crippen LogP) is 3.49. The van der Waals surface area contributed by atoms with Gasteiger partial charge >= 0.3 is 6.61 Å². The molecule has 0 aliphatic carbocycles. The van der Waals surface area contributed by atoms with Gasteiger partial charge in [-0.15, -0.1) is 5.10 Å². The van der Waals surface area contributed by atoms with Gasteiger partial charge < -0.3 is 14.4 Å². The van der Waals surface area contributed by atoms with E-state index >= 15 is 0 Å². The quantitative estimate of drug-likeness (QED) is 0.575. The third-order valence-corrected chi connectivity index (χ3v) is 3.88. The van der Waals surface area contributed by atoms with Crippen LogP contribution in [0.3, 0.4) is 0 Å².